The van der Waals surface area contributed by atoms with Crippen molar-refractivity contribution in [1.82, 2.24) is 29.7 Å². The van der Waals surface area contributed by atoms with Crippen LogP contribution < -0.4 is 0 Å². The second-order valence-corrected chi connectivity index (χ2v) is 8.59. The zero-order chi connectivity index (χ0) is 28.1. The Morgan fingerprint density at radius 2 is 1.38 bits per heavy atom. The molecule has 4 aromatic heterocycles. The van der Waals surface area contributed by atoms with E-state index in [1.54, 1.807) is 37.4 Å². The Hall–Kier alpha value is -5.18. The zero-order valence-electron chi connectivity index (χ0n) is 21.4. The van der Waals surface area contributed by atoms with Crippen LogP contribution in [0.4, 0.5) is 13.2 Å². The Bertz CT molecular complexity index is 1700. The van der Waals surface area contributed by atoms with Gasteiger partial charge in [-0.2, -0.15) is 13.2 Å². The first kappa shape index (κ1) is 26.4. The maximum atomic E-state index is 13.4. The molecule has 0 radical (unpaired) electrons. The van der Waals surface area contributed by atoms with Crippen molar-refractivity contribution in [3.05, 3.63) is 127 Å². The predicted molar refractivity (Wildman–Crippen MR) is 149 cm³/mol. The molecule has 5 aromatic rings. The van der Waals surface area contributed by atoms with Gasteiger partial charge in [0.05, 0.1) is 22.7 Å². The van der Waals surface area contributed by atoms with Gasteiger partial charge in [0.25, 0.3) is 0 Å². The van der Waals surface area contributed by atoms with Gasteiger partial charge in [-0.25, -0.2) is 9.97 Å². The highest BCUT2D eigenvalue weighted by Gasteiger charge is 2.31. The molecule has 4 heterocycles. The smallest absolute Gasteiger partial charge is 0.272 e. The topological polar surface area (TPSA) is 69.4 Å². The second kappa shape index (κ2) is 11.3. The van der Waals surface area contributed by atoms with Gasteiger partial charge in [0.1, 0.15) is 11.4 Å². The molecule has 0 saturated carbocycles. The van der Waals surface area contributed by atoms with E-state index in [4.69, 9.17) is 4.98 Å². The van der Waals surface area contributed by atoms with E-state index in [1.807, 2.05) is 71.3 Å². The van der Waals surface area contributed by atoms with Crippen molar-refractivity contribution in [1.29, 1.82) is 0 Å². The summed E-state index contributed by atoms with van der Waals surface area (Å²) in [6, 6.07) is 25.8. The van der Waals surface area contributed by atoms with E-state index in [0.29, 0.717) is 40.0 Å². The van der Waals surface area contributed by atoms with Gasteiger partial charge in [-0.15, -0.1) is 10.2 Å². The van der Waals surface area contributed by atoms with Gasteiger partial charge >= 0.3 is 6.18 Å². The van der Waals surface area contributed by atoms with E-state index >= 15 is 0 Å². The fourth-order valence-electron chi connectivity index (χ4n) is 4.10. The van der Waals surface area contributed by atoms with Gasteiger partial charge in [0.15, 0.2) is 11.6 Å². The maximum absolute atomic E-state index is 13.4. The molecule has 0 aliphatic heterocycles. The number of alkyl halides is 3. The lowest BCUT2D eigenvalue weighted by atomic mass is 10.1. The highest BCUT2D eigenvalue weighted by Crippen LogP contribution is 2.31. The van der Waals surface area contributed by atoms with Crippen molar-refractivity contribution in [2.24, 2.45) is 0 Å². The summed E-state index contributed by atoms with van der Waals surface area (Å²) in [6.07, 6.45) is 0.555. The average molecular weight is 537 g/mol. The molecule has 0 fully saturated rings. The summed E-state index contributed by atoms with van der Waals surface area (Å²) in [6.45, 7) is 4.96. The summed E-state index contributed by atoms with van der Waals surface area (Å²) in [7, 11) is 0. The Balaban J connectivity index is 1.64. The monoisotopic (exact) mass is 536 g/mol. The van der Waals surface area contributed by atoms with Crippen LogP contribution in [0.1, 0.15) is 12.6 Å². The van der Waals surface area contributed by atoms with E-state index in [0.717, 1.165) is 23.5 Å². The molecule has 1 aromatic carbocycles. The molecule has 6 nitrogen and oxygen atoms in total. The second-order valence-electron chi connectivity index (χ2n) is 8.59. The van der Waals surface area contributed by atoms with E-state index < -0.39 is 11.7 Å². The number of hydrogen-bond acceptors (Lipinski definition) is 5. The third kappa shape index (κ3) is 5.49. The fraction of sp³-hybridized carbons (Fsp3) is 0.0645. The molecule has 0 bridgehead atoms. The maximum Gasteiger partial charge on any atom is 0.416 e. The Morgan fingerprint density at radius 1 is 0.750 bits per heavy atom. The molecule has 0 amide bonds. The van der Waals surface area contributed by atoms with Crippen molar-refractivity contribution < 1.29 is 13.2 Å². The van der Waals surface area contributed by atoms with Crippen LogP contribution in [-0.2, 0) is 0 Å². The molecule has 0 spiro atoms. The summed E-state index contributed by atoms with van der Waals surface area (Å²) < 4.78 is 42.0. The Labute approximate surface area is 228 Å². The number of allylic oxidation sites excluding steroid dienone is 5. The van der Waals surface area contributed by atoms with Gasteiger partial charge in [-0.3, -0.25) is 9.55 Å². The third-order valence-corrected chi connectivity index (χ3v) is 6.03. The molecule has 5 rings (SSSR count). The SMILES string of the molecule is C=C/C(=C\C(=C/C)c1cccc(-c2nnc(-c3cccc(-c4ccccn4)n3)n2-c2ccccc2)n1)C(F)(F)F. The van der Waals surface area contributed by atoms with Crippen molar-refractivity contribution >= 4 is 5.57 Å². The van der Waals surface area contributed by atoms with Gasteiger partial charge in [-0.1, -0.05) is 55.1 Å². The lowest BCUT2D eigenvalue weighted by Gasteiger charge is -2.12. The van der Waals surface area contributed by atoms with Crippen LogP contribution >= 0.6 is 0 Å². The zero-order valence-corrected chi connectivity index (χ0v) is 21.4. The Kier molecular flexibility index (Phi) is 7.46. The van der Waals surface area contributed by atoms with Crippen LogP contribution in [0.3, 0.4) is 0 Å². The van der Waals surface area contributed by atoms with E-state index in [-0.39, 0.29) is 0 Å². The van der Waals surface area contributed by atoms with E-state index in [2.05, 4.69) is 26.7 Å². The minimum atomic E-state index is -4.53. The molecule has 0 aliphatic carbocycles. The van der Waals surface area contributed by atoms with Crippen molar-refractivity contribution in [2.45, 2.75) is 13.1 Å². The average Bonchev–Trinajstić information content (AvgIpc) is 3.44. The first-order valence-electron chi connectivity index (χ1n) is 12.3. The van der Waals surface area contributed by atoms with Crippen LogP contribution in [-0.4, -0.2) is 35.9 Å². The molecule has 0 aliphatic rings. The summed E-state index contributed by atoms with van der Waals surface area (Å²) in [5.41, 5.74) is 2.95. The third-order valence-electron chi connectivity index (χ3n) is 6.03. The first-order chi connectivity index (χ1) is 19.4. The number of halogens is 3. The molecular formula is C31H23F3N6. The van der Waals surface area contributed by atoms with Gasteiger partial charge in [0.2, 0.25) is 0 Å². The summed E-state index contributed by atoms with van der Waals surface area (Å²) >= 11 is 0. The molecule has 0 saturated heterocycles. The molecule has 0 atom stereocenters. The first-order valence-corrected chi connectivity index (χ1v) is 12.3. The minimum absolute atomic E-state index is 0.296. The number of rotatable bonds is 7. The standard InChI is InChI=1S/C31H23F3N6/c1-3-21(20-22(4-2)31(32,33)34)24-15-10-17-27(36-24)29-38-39-30(40(29)23-12-6-5-7-13-23)28-18-11-16-26(37-28)25-14-8-9-19-35-25/h3-20H,2H2,1H3/b21-3+,22-20+. The summed E-state index contributed by atoms with van der Waals surface area (Å²) in [5.74, 6) is 0.885. The molecule has 198 valence electrons. The highest BCUT2D eigenvalue weighted by molar-refractivity contribution is 5.75. The highest BCUT2D eigenvalue weighted by atomic mass is 19.4. The molecule has 9 heteroatoms. The van der Waals surface area contributed by atoms with Crippen molar-refractivity contribution in [2.75, 3.05) is 0 Å². The van der Waals surface area contributed by atoms with Crippen LogP contribution in [0.25, 0.3) is 45.7 Å². The molecule has 0 unspecified atom stereocenters. The summed E-state index contributed by atoms with van der Waals surface area (Å²) in [5, 5.41) is 8.91. The van der Waals surface area contributed by atoms with Gasteiger partial charge in [-0.05, 0) is 67.1 Å². The summed E-state index contributed by atoms with van der Waals surface area (Å²) in [4.78, 5) is 13.9. The largest absolute Gasteiger partial charge is 0.416 e. The molecular weight excluding hydrogens is 513 g/mol. The number of nitrogens with zero attached hydrogens (tertiary/aromatic N) is 6. The van der Waals surface area contributed by atoms with Crippen LogP contribution in [0.15, 0.2) is 122 Å². The van der Waals surface area contributed by atoms with Crippen LogP contribution in [0.5, 0.6) is 0 Å². The van der Waals surface area contributed by atoms with E-state index in [1.165, 1.54) is 0 Å². The minimum Gasteiger partial charge on any atom is -0.272 e. The number of aromatic nitrogens is 6. The fourth-order valence-corrected chi connectivity index (χ4v) is 4.10. The molecule has 0 N–H and O–H groups in total. The number of pyridine rings is 3. The number of hydrogen-bond donors (Lipinski definition) is 0. The van der Waals surface area contributed by atoms with E-state index in [9.17, 15) is 13.2 Å². The number of benzene rings is 1. The van der Waals surface area contributed by atoms with Gasteiger partial charge in [0, 0.05) is 11.9 Å². The lowest BCUT2D eigenvalue weighted by Crippen LogP contribution is -2.10. The lowest BCUT2D eigenvalue weighted by molar-refractivity contribution is -0.0880. The van der Waals surface area contributed by atoms with Crippen LogP contribution in [0.2, 0.25) is 0 Å². The van der Waals surface area contributed by atoms with Crippen molar-refractivity contribution in [3.8, 4) is 40.1 Å². The van der Waals surface area contributed by atoms with Crippen LogP contribution in [0, 0.1) is 0 Å². The predicted octanol–water partition coefficient (Wildman–Crippen LogP) is 7.53. The quantitative estimate of drug-likeness (QED) is 0.201. The Morgan fingerprint density at radius 3 is 2.00 bits per heavy atom. The molecule has 40 heavy (non-hydrogen) atoms. The van der Waals surface area contributed by atoms with Gasteiger partial charge < -0.3 is 0 Å². The normalized spacial score (nSPS) is 12.4. The number of para-hydroxylation sites is 1. The van der Waals surface area contributed by atoms with Crippen molar-refractivity contribution in [3.63, 3.8) is 0 Å².